The molecule has 7 heteroatoms. The summed E-state index contributed by atoms with van der Waals surface area (Å²) in [7, 11) is 0. The first-order valence-corrected chi connectivity index (χ1v) is 12.3. The summed E-state index contributed by atoms with van der Waals surface area (Å²) >= 11 is 1.66. The van der Waals surface area contributed by atoms with Crippen LogP contribution < -0.4 is 10.2 Å². The fraction of sp³-hybridized carbons (Fsp3) is 0.143. The highest BCUT2D eigenvalue weighted by Crippen LogP contribution is 2.37. The van der Waals surface area contributed by atoms with Crippen LogP contribution in [0.2, 0.25) is 0 Å². The number of aromatic nitrogens is 2. The van der Waals surface area contributed by atoms with Crippen molar-refractivity contribution in [3.05, 3.63) is 108 Å². The lowest BCUT2D eigenvalue weighted by molar-refractivity contribution is 0.169. The number of nitrogens with one attached hydrogen (secondary N) is 1. The number of nitrogens with zero attached hydrogens (tertiary/aromatic N) is 3. The van der Waals surface area contributed by atoms with E-state index in [0.29, 0.717) is 12.4 Å². The maximum Gasteiger partial charge on any atom is 0.237 e. The molecule has 0 aliphatic carbocycles. The van der Waals surface area contributed by atoms with Gasteiger partial charge in [0.1, 0.15) is 6.26 Å². The van der Waals surface area contributed by atoms with Crippen molar-refractivity contribution in [2.24, 2.45) is 0 Å². The van der Waals surface area contributed by atoms with E-state index in [4.69, 9.17) is 14.2 Å². The summed E-state index contributed by atoms with van der Waals surface area (Å²) in [5, 5.41) is 8.57. The predicted octanol–water partition coefficient (Wildman–Crippen LogP) is 7.19. The van der Waals surface area contributed by atoms with E-state index < -0.39 is 0 Å². The van der Waals surface area contributed by atoms with E-state index in [2.05, 4.69) is 59.0 Å². The smallest absolute Gasteiger partial charge is 0.237 e. The minimum Gasteiger partial charge on any atom is -0.472 e. The number of hydrogen-bond acceptors (Lipinski definition) is 7. The van der Waals surface area contributed by atoms with Gasteiger partial charge in [-0.1, -0.05) is 71.1 Å². The Bertz CT molecular complexity index is 1490. The lowest BCUT2D eigenvalue weighted by Crippen LogP contribution is -2.20. The summed E-state index contributed by atoms with van der Waals surface area (Å²) in [5.41, 5.74) is 7.42. The van der Waals surface area contributed by atoms with Gasteiger partial charge in [0.2, 0.25) is 12.1 Å². The molecule has 35 heavy (non-hydrogen) atoms. The van der Waals surface area contributed by atoms with Crippen LogP contribution in [-0.4, -0.2) is 10.1 Å². The Kier molecular flexibility index (Phi) is 5.47. The van der Waals surface area contributed by atoms with Gasteiger partial charge in [0.25, 0.3) is 0 Å². The van der Waals surface area contributed by atoms with Gasteiger partial charge in [-0.3, -0.25) is 4.90 Å². The molecule has 3 heterocycles. The third-order valence-electron chi connectivity index (χ3n) is 6.27. The highest BCUT2D eigenvalue weighted by atomic mass is 32.1. The molecule has 6 rings (SSSR count). The molecule has 3 aromatic carbocycles. The van der Waals surface area contributed by atoms with Crippen molar-refractivity contribution in [3.8, 4) is 11.1 Å². The molecule has 1 N–H and O–H groups in total. The molecule has 2 aromatic heterocycles. The van der Waals surface area contributed by atoms with Gasteiger partial charge in [-0.25, -0.2) is 4.98 Å². The number of fused-ring (bicyclic) bond motifs is 1. The maximum absolute atomic E-state index is 6.00. The molecule has 0 saturated carbocycles. The van der Waals surface area contributed by atoms with Gasteiger partial charge in [-0.15, -0.1) is 0 Å². The molecule has 5 aromatic rings. The number of ether oxygens (including phenoxy) is 1. The highest BCUT2D eigenvalue weighted by molar-refractivity contribution is 7.22. The number of anilines is 2. The second-order valence-electron chi connectivity index (χ2n) is 8.50. The van der Waals surface area contributed by atoms with Crippen LogP contribution in [0.1, 0.15) is 28.6 Å². The van der Waals surface area contributed by atoms with E-state index in [9.17, 15) is 0 Å². The van der Waals surface area contributed by atoms with Gasteiger partial charge in [0.15, 0.2) is 5.13 Å². The second-order valence-corrected chi connectivity index (χ2v) is 9.53. The van der Waals surface area contributed by atoms with Gasteiger partial charge in [-0.2, -0.15) is 0 Å². The molecule has 1 atom stereocenters. The van der Waals surface area contributed by atoms with Crippen LogP contribution in [0, 0.1) is 13.8 Å². The summed E-state index contributed by atoms with van der Waals surface area (Å²) < 4.78 is 12.8. The quantitative estimate of drug-likeness (QED) is 0.278. The number of hydrogen-bond donors (Lipinski definition) is 1. The first-order chi connectivity index (χ1) is 17.2. The minimum atomic E-state index is -0.327. The van der Waals surface area contributed by atoms with Crippen LogP contribution in [0.3, 0.4) is 0 Å². The number of benzene rings is 3. The van der Waals surface area contributed by atoms with Gasteiger partial charge in [0.05, 0.1) is 15.9 Å². The van der Waals surface area contributed by atoms with E-state index in [-0.39, 0.29) is 6.23 Å². The molecule has 0 bridgehead atoms. The lowest BCUT2D eigenvalue weighted by atomic mass is 9.96. The molecule has 1 aliphatic rings. The van der Waals surface area contributed by atoms with E-state index in [1.54, 1.807) is 17.6 Å². The molecule has 1 aliphatic heterocycles. The molecule has 0 amide bonds. The second kappa shape index (κ2) is 8.92. The summed E-state index contributed by atoms with van der Waals surface area (Å²) in [6.07, 6.45) is 3.26. The Morgan fingerprint density at radius 2 is 1.83 bits per heavy atom. The molecular formula is C28H24N4O2S. The van der Waals surface area contributed by atoms with Crippen molar-refractivity contribution >= 4 is 32.6 Å². The lowest BCUT2D eigenvalue weighted by Gasteiger charge is -2.23. The Balaban J connectivity index is 1.35. The van der Waals surface area contributed by atoms with Crippen LogP contribution in [0.4, 0.5) is 11.0 Å². The Morgan fingerprint density at radius 1 is 1.00 bits per heavy atom. The van der Waals surface area contributed by atoms with E-state index in [1.165, 1.54) is 15.8 Å². The van der Waals surface area contributed by atoms with E-state index >= 15 is 0 Å². The van der Waals surface area contributed by atoms with Crippen LogP contribution in [0.25, 0.3) is 21.3 Å². The van der Waals surface area contributed by atoms with Crippen molar-refractivity contribution in [1.29, 1.82) is 0 Å². The van der Waals surface area contributed by atoms with Crippen LogP contribution in [0.5, 0.6) is 0 Å². The Morgan fingerprint density at radius 3 is 2.63 bits per heavy atom. The molecule has 0 radical (unpaired) electrons. The van der Waals surface area contributed by atoms with Gasteiger partial charge >= 0.3 is 0 Å². The van der Waals surface area contributed by atoms with Crippen LogP contribution in [0.15, 0.2) is 89.8 Å². The Labute approximate surface area is 207 Å². The van der Waals surface area contributed by atoms with Gasteiger partial charge in [0, 0.05) is 23.9 Å². The molecule has 0 fully saturated rings. The predicted molar refractivity (Wildman–Crippen MR) is 140 cm³/mol. The largest absolute Gasteiger partial charge is 0.472 e. The molecular weight excluding hydrogens is 456 g/mol. The van der Waals surface area contributed by atoms with Crippen molar-refractivity contribution in [2.75, 3.05) is 10.2 Å². The zero-order chi connectivity index (χ0) is 23.8. The van der Waals surface area contributed by atoms with Gasteiger partial charge < -0.3 is 14.6 Å². The summed E-state index contributed by atoms with van der Waals surface area (Å²) in [4.78, 5) is 6.72. The molecule has 6 nitrogen and oxygen atoms in total. The topological polar surface area (TPSA) is 63.4 Å². The third kappa shape index (κ3) is 4.04. The summed E-state index contributed by atoms with van der Waals surface area (Å²) in [6, 6.07) is 25.1. The van der Waals surface area contributed by atoms with Crippen LogP contribution in [-0.2, 0) is 11.3 Å². The molecule has 0 saturated heterocycles. The minimum absolute atomic E-state index is 0.327. The third-order valence-corrected chi connectivity index (χ3v) is 7.27. The van der Waals surface area contributed by atoms with Crippen molar-refractivity contribution < 1.29 is 9.26 Å². The standard InChI is InChI=1S/C28H24N4O2S/c1-18-19(2)31-34-26(18)32-14-15-33-27(32)21-12-13-23(20-8-4-3-5-9-20)22(16-21)17-29-28-30-24-10-6-7-11-25(24)35-28/h3-16,27H,17H2,1-2H3,(H,29,30). The van der Waals surface area contributed by atoms with Crippen LogP contribution >= 0.6 is 11.3 Å². The fourth-order valence-corrected chi connectivity index (χ4v) is 5.17. The van der Waals surface area contributed by atoms with E-state index in [0.717, 1.165) is 33.0 Å². The van der Waals surface area contributed by atoms with Crippen molar-refractivity contribution in [2.45, 2.75) is 26.6 Å². The summed E-state index contributed by atoms with van der Waals surface area (Å²) in [6.45, 7) is 4.59. The average Bonchev–Trinajstić information content (AvgIpc) is 3.62. The number of para-hydroxylation sites is 1. The SMILES string of the molecule is Cc1noc(N2C=COC2c2ccc(-c3ccccc3)c(CNc3nc4ccccc4s3)c2)c1C. The van der Waals surface area contributed by atoms with Crippen molar-refractivity contribution in [3.63, 3.8) is 0 Å². The normalized spacial score (nSPS) is 15.0. The number of thiazole rings is 1. The fourth-order valence-electron chi connectivity index (χ4n) is 4.31. The zero-order valence-electron chi connectivity index (χ0n) is 19.4. The number of rotatable bonds is 6. The Hall–Kier alpha value is -4.10. The van der Waals surface area contributed by atoms with Gasteiger partial charge in [-0.05, 0) is 48.7 Å². The number of aryl methyl sites for hydroxylation is 1. The monoisotopic (exact) mass is 480 g/mol. The molecule has 174 valence electrons. The average molecular weight is 481 g/mol. The highest BCUT2D eigenvalue weighted by Gasteiger charge is 2.29. The molecule has 1 unspecified atom stereocenters. The van der Waals surface area contributed by atoms with E-state index in [1.807, 2.05) is 49.2 Å². The zero-order valence-corrected chi connectivity index (χ0v) is 20.3. The maximum atomic E-state index is 6.00. The van der Waals surface area contributed by atoms with Crippen molar-refractivity contribution in [1.82, 2.24) is 10.1 Å². The molecule has 0 spiro atoms. The first-order valence-electron chi connectivity index (χ1n) is 11.5. The first kappa shape index (κ1) is 21.4. The summed E-state index contributed by atoms with van der Waals surface area (Å²) in [5.74, 6) is 0.697.